The third-order valence-corrected chi connectivity index (χ3v) is 3.96. The minimum atomic E-state index is -4.17. The summed E-state index contributed by atoms with van der Waals surface area (Å²) in [4.78, 5) is 16.2. The van der Waals surface area contributed by atoms with Gasteiger partial charge in [0.15, 0.2) is 0 Å². The molecular formula is C15H17ClF3N3OS. The highest BCUT2D eigenvalue weighted by molar-refractivity contribution is 7.09. The normalized spacial score (nSPS) is 11.0. The predicted octanol–water partition coefficient (Wildman–Crippen LogP) is 3.81. The summed E-state index contributed by atoms with van der Waals surface area (Å²) >= 11 is 1.37. The van der Waals surface area contributed by atoms with Crippen molar-refractivity contribution >= 4 is 35.3 Å². The van der Waals surface area contributed by atoms with E-state index in [-0.39, 0.29) is 24.7 Å². The molecule has 3 N–H and O–H groups in total. The van der Waals surface area contributed by atoms with Gasteiger partial charge in [-0.1, -0.05) is 12.1 Å². The first-order valence-electron chi connectivity index (χ1n) is 6.99. The molecule has 4 nitrogen and oxygen atoms in total. The number of carbonyl (C=O) groups is 1. The Labute approximate surface area is 147 Å². The number of aryl methyl sites for hydroxylation is 1. The molecule has 0 radical (unpaired) electrons. The molecule has 1 heterocycles. The Morgan fingerprint density at radius 3 is 2.46 bits per heavy atom. The summed E-state index contributed by atoms with van der Waals surface area (Å²) in [5, 5.41) is 5.11. The number of halogens is 4. The number of nitrogens with zero attached hydrogens (tertiary/aromatic N) is 1. The van der Waals surface area contributed by atoms with E-state index in [1.165, 1.54) is 11.3 Å². The van der Waals surface area contributed by atoms with Gasteiger partial charge in [-0.15, -0.1) is 23.7 Å². The summed E-state index contributed by atoms with van der Waals surface area (Å²) in [6, 6.07) is 6.30. The van der Waals surface area contributed by atoms with Crippen LogP contribution in [0, 0.1) is 0 Å². The lowest BCUT2D eigenvalue weighted by Crippen LogP contribution is -2.13. The number of hydrogen-bond acceptors (Lipinski definition) is 4. The molecule has 9 heteroatoms. The van der Waals surface area contributed by atoms with Crippen LogP contribution >= 0.6 is 23.7 Å². The monoisotopic (exact) mass is 379 g/mol. The molecule has 24 heavy (non-hydrogen) atoms. The maximum Gasteiger partial charge on any atom is 0.389 e. The van der Waals surface area contributed by atoms with Gasteiger partial charge in [0.2, 0.25) is 0 Å². The summed E-state index contributed by atoms with van der Waals surface area (Å²) in [6.07, 6.45) is -4.49. The number of anilines is 1. The Morgan fingerprint density at radius 1 is 1.21 bits per heavy atom. The second-order valence-corrected chi connectivity index (χ2v) is 5.87. The Morgan fingerprint density at radius 2 is 1.88 bits per heavy atom. The van der Waals surface area contributed by atoms with Crippen molar-refractivity contribution in [2.75, 3.05) is 11.9 Å². The zero-order valence-electron chi connectivity index (χ0n) is 12.6. The average molecular weight is 380 g/mol. The summed E-state index contributed by atoms with van der Waals surface area (Å²) in [6.45, 7) is 0.466. The van der Waals surface area contributed by atoms with Gasteiger partial charge in [-0.25, -0.2) is 4.98 Å². The molecule has 0 aliphatic carbocycles. The van der Waals surface area contributed by atoms with E-state index in [0.717, 1.165) is 5.01 Å². The molecule has 0 fully saturated rings. The number of nitrogens with one attached hydrogen (secondary N) is 1. The summed E-state index contributed by atoms with van der Waals surface area (Å²) in [5.74, 6) is -0.354. The zero-order chi connectivity index (χ0) is 16.9. The van der Waals surface area contributed by atoms with Crippen LogP contribution in [0.25, 0.3) is 0 Å². The highest BCUT2D eigenvalue weighted by Crippen LogP contribution is 2.22. The van der Waals surface area contributed by atoms with Crippen molar-refractivity contribution in [3.8, 4) is 0 Å². The maximum atomic E-state index is 12.2. The van der Waals surface area contributed by atoms with Gasteiger partial charge in [-0.2, -0.15) is 13.2 Å². The second-order valence-electron chi connectivity index (χ2n) is 4.93. The van der Waals surface area contributed by atoms with Gasteiger partial charge in [0.25, 0.3) is 5.91 Å². The molecule has 1 aromatic heterocycles. The summed E-state index contributed by atoms with van der Waals surface area (Å²) in [7, 11) is 0. The lowest BCUT2D eigenvalue weighted by molar-refractivity contribution is -0.133. The molecule has 0 saturated carbocycles. The molecule has 1 aromatic carbocycles. The Balaban J connectivity index is 0.00000288. The third-order valence-electron chi connectivity index (χ3n) is 3.05. The first-order chi connectivity index (χ1) is 10.9. The van der Waals surface area contributed by atoms with E-state index in [1.54, 1.807) is 29.6 Å². The molecule has 0 aliphatic rings. The van der Waals surface area contributed by atoms with Crippen LogP contribution in [0.5, 0.6) is 0 Å². The smallest absolute Gasteiger partial charge is 0.330 e. The zero-order valence-corrected chi connectivity index (χ0v) is 14.2. The number of aromatic nitrogens is 1. The van der Waals surface area contributed by atoms with E-state index in [9.17, 15) is 18.0 Å². The first kappa shape index (κ1) is 20.4. The third kappa shape index (κ3) is 6.46. The van der Waals surface area contributed by atoms with Crippen molar-refractivity contribution < 1.29 is 18.0 Å². The molecule has 0 unspecified atom stereocenters. The SMILES string of the molecule is Cl.NCCc1nc(C(=O)Nc2ccc(CCC(F)(F)F)cc2)cs1. The van der Waals surface area contributed by atoms with Gasteiger partial charge in [-0.3, -0.25) is 4.79 Å². The van der Waals surface area contributed by atoms with Crippen molar-refractivity contribution in [1.29, 1.82) is 0 Å². The number of alkyl halides is 3. The Bertz CT molecular complexity index is 659. The van der Waals surface area contributed by atoms with E-state index in [4.69, 9.17) is 5.73 Å². The van der Waals surface area contributed by atoms with Gasteiger partial charge in [0.05, 0.1) is 5.01 Å². The van der Waals surface area contributed by atoms with Crippen LogP contribution in [0.4, 0.5) is 18.9 Å². The van der Waals surface area contributed by atoms with Gasteiger partial charge >= 0.3 is 6.18 Å². The number of amides is 1. The fourth-order valence-corrected chi connectivity index (χ4v) is 2.68. The second kappa shape index (κ2) is 9.00. The number of rotatable bonds is 6. The van der Waals surface area contributed by atoms with Crippen LogP contribution in [0.15, 0.2) is 29.6 Å². The van der Waals surface area contributed by atoms with Gasteiger partial charge < -0.3 is 11.1 Å². The molecule has 2 rings (SSSR count). The minimum Gasteiger partial charge on any atom is -0.330 e. The van der Waals surface area contributed by atoms with E-state index in [1.807, 2.05) is 0 Å². The highest BCUT2D eigenvalue weighted by atomic mass is 35.5. The molecule has 0 bridgehead atoms. The van der Waals surface area contributed by atoms with Crippen LogP contribution in [-0.4, -0.2) is 23.6 Å². The lowest BCUT2D eigenvalue weighted by Gasteiger charge is -2.07. The number of thiazole rings is 1. The van der Waals surface area contributed by atoms with E-state index in [2.05, 4.69) is 10.3 Å². The van der Waals surface area contributed by atoms with Crippen LogP contribution in [0.2, 0.25) is 0 Å². The van der Waals surface area contributed by atoms with Crippen molar-refractivity contribution in [3.05, 3.63) is 45.9 Å². The quantitative estimate of drug-likeness (QED) is 0.801. The number of hydrogen-bond donors (Lipinski definition) is 2. The molecule has 1 amide bonds. The van der Waals surface area contributed by atoms with Gasteiger partial charge in [0.1, 0.15) is 5.69 Å². The largest absolute Gasteiger partial charge is 0.389 e. The molecule has 0 atom stereocenters. The summed E-state index contributed by atoms with van der Waals surface area (Å²) < 4.78 is 36.5. The molecular weight excluding hydrogens is 363 g/mol. The molecule has 0 saturated heterocycles. The van der Waals surface area contributed by atoms with E-state index in [0.29, 0.717) is 29.9 Å². The molecule has 0 spiro atoms. The van der Waals surface area contributed by atoms with Crippen molar-refractivity contribution in [2.45, 2.75) is 25.4 Å². The highest BCUT2D eigenvalue weighted by Gasteiger charge is 2.26. The van der Waals surface area contributed by atoms with Crippen LogP contribution in [-0.2, 0) is 12.8 Å². The van der Waals surface area contributed by atoms with Crippen molar-refractivity contribution in [1.82, 2.24) is 4.98 Å². The van der Waals surface area contributed by atoms with Crippen LogP contribution < -0.4 is 11.1 Å². The molecule has 2 aromatic rings. The molecule has 132 valence electrons. The Kier molecular flexibility index (Phi) is 7.65. The molecule has 0 aliphatic heterocycles. The number of carbonyl (C=O) groups excluding carboxylic acids is 1. The predicted molar refractivity (Wildman–Crippen MR) is 90.9 cm³/mol. The number of benzene rings is 1. The van der Waals surface area contributed by atoms with Crippen LogP contribution in [0.1, 0.15) is 27.5 Å². The lowest BCUT2D eigenvalue weighted by atomic mass is 10.1. The summed E-state index contributed by atoms with van der Waals surface area (Å²) in [5.41, 5.74) is 6.82. The maximum absolute atomic E-state index is 12.2. The van der Waals surface area contributed by atoms with Gasteiger partial charge in [-0.05, 0) is 30.7 Å². The van der Waals surface area contributed by atoms with Crippen LogP contribution in [0.3, 0.4) is 0 Å². The standard InChI is InChI=1S/C15H16F3N3OS.ClH/c16-15(17,18)7-5-10-1-3-11(4-2-10)20-14(22)12-9-23-13(21-12)6-8-19;/h1-4,9H,5-8,19H2,(H,20,22);1H. The number of nitrogens with two attached hydrogens (primary N) is 1. The topological polar surface area (TPSA) is 68.0 Å². The van der Waals surface area contributed by atoms with Crippen molar-refractivity contribution in [2.24, 2.45) is 5.73 Å². The fraction of sp³-hybridized carbons (Fsp3) is 0.333. The van der Waals surface area contributed by atoms with Gasteiger partial charge in [0, 0.05) is 23.9 Å². The average Bonchev–Trinajstić information content (AvgIpc) is 2.95. The Hall–Kier alpha value is -1.64. The minimum absolute atomic E-state index is 0. The first-order valence-corrected chi connectivity index (χ1v) is 7.87. The van der Waals surface area contributed by atoms with E-state index < -0.39 is 12.6 Å². The fourth-order valence-electron chi connectivity index (χ4n) is 1.89. The van der Waals surface area contributed by atoms with E-state index >= 15 is 0 Å². The van der Waals surface area contributed by atoms with Crippen molar-refractivity contribution in [3.63, 3.8) is 0 Å².